The fraction of sp³-hybridized carbons (Fsp3) is 0.857. The first-order valence-electron chi connectivity index (χ1n) is 4.73. The van der Waals surface area contributed by atoms with Crippen molar-refractivity contribution < 1.29 is 31.2 Å². The van der Waals surface area contributed by atoms with Crippen LogP contribution in [0.2, 0.25) is 0 Å². The van der Waals surface area contributed by atoms with E-state index in [0.717, 1.165) is 0 Å². The summed E-state index contributed by atoms with van der Waals surface area (Å²) >= 11 is 0. The topological polar surface area (TPSA) is 84.5 Å². The van der Waals surface area contributed by atoms with Crippen LogP contribution in [0.5, 0.6) is 0 Å². The molecule has 1 rings (SSSR count). The van der Waals surface area contributed by atoms with Gasteiger partial charge in [0.05, 0.1) is 5.25 Å². The minimum Gasteiger partial charge on any atom is -0.348 e. The molecule has 1 heterocycles. The molecule has 10 heteroatoms. The van der Waals surface area contributed by atoms with E-state index < -0.39 is 27.4 Å². The van der Waals surface area contributed by atoms with Gasteiger partial charge in [-0.1, -0.05) is 0 Å². The monoisotopic (exact) mass is 276 g/mol. The van der Waals surface area contributed by atoms with Gasteiger partial charge < -0.3 is 10.2 Å². The zero-order valence-corrected chi connectivity index (χ0v) is 9.40. The van der Waals surface area contributed by atoms with Gasteiger partial charge in [-0.05, 0) is 24.3 Å². The van der Waals surface area contributed by atoms with E-state index in [0.29, 0.717) is 19.4 Å². The van der Waals surface area contributed by atoms with E-state index in [2.05, 4.69) is 10.2 Å². The van der Waals surface area contributed by atoms with Crippen LogP contribution < -0.4 is 10.2 Å². The summed E-state index contributed by atoms with van der Waals surface area (Å²) in [4.78, 5) is 15.0. The summed E-state index contributed by atoms with van der Waals surface area (Å²) in [5, 5.41) is 1.87. The molecule has 1 unspecified atom stereocenters. The number of alkyl halides is 3. The van der Waals surface area contributed by atoms with Crippen LogP contribution in [-0.2, 0) is 19.7 Å². The van der Waals surface area contributed by atoms with Crippen LogP contribution >= 0.6 is 0 Å². The zero-order chi connectivity index (χ0) is 13.1. The smallest absolute Gasteiger partial charge is 0.348 e. The van der Waals surface area contributed by atoms with E-state index in [1.165, 1.54) is 4.89 Å². The van der Waals surface area contributed by atoms with Crippen LogP contribution in [0.15, 0.2) is 0 Å². The molecule has 0 spiro atoms. The van der Waals surface area contributed by atoms with Gasteiger partial charge in [0.15, 0.2) is 0 Å². The van der Waals surface area contributed by atoms with Crippen molar-refractivity contribution in [1.29, 1.82) is 0 Å². The lowest BCUT2D eigenvalue weighted by molar-refractivity contribution is -0.203. The first kappa shape index (κ1) is 14.2. The maximum atomic E-state index is 11.7. The Bertz CT molecular complexity index is 375. The highest BCUT2D eigenvalue weighted by atomic mass is 32.2. The maximum absolute atomic E-state index is 11.7. The normalized spacial score (nSPS) is 22.2. The molecular formula is C7H11F3N2O4S. The third-order valence-corrected chi connectivity index (χ3v) is 3.77. The van der Waals surface area contributed by atoms with Crippen molar-refractivity contribution >= 4 is 16.0 Å². The molecule has 100 valence electrons. The zero-order valence-electron chi connectivity index (χ0n) is 8.58. The summed E-state index contributed by atoms with van der Waals surface area (Å²) in [5.41, 5.74) is 0. The Morgan fingerprint density at radius 2 is 2.06 bits per heavy atom. The van der Waals surface area contributed by atoms with Crippen molar-refractivity contribution in [3.8, 4) is 0 Å². The molecule has 0 aromatic heterocycles. The molecule has 1 atom stereocenters. The standard InChI is InChI=1S/C7H11F3N2O4S/c8-7(9,10)6(13)16-12-17(14,15)5-2-1-3-11-4-5/h5,11-12H,1-4H2. The summed E-state index contributed by atoms with van der Waals surface area (Å²) < 4.78 is 58.1. The van der Waals surface area contributed by atoms with Gasteiger partial charge in [-0.2, -0.15) is 13.2 Å². The second kappa shape index (κ2) is 5.19. The number of rotatable bonds is 3. The SMILES string of the molecule is O=C(ONS(=O)(=O)C1CCCNC1)C(F)(F)F. The molecule has 6 nitrogen and oxygen atoms in total. The number of hydrogen-bond acceptors (Lipinski definition) is 5. The molecule has 0 bridgehead atoms. The molecule has 1 aliphatic rings. The lowest BCUT2D eigenvalue weighted by Gasteiger charge is -2.22. The van der Waals surface area contributed by atoms with Gasteiger partial charge in [0.2, 0.25) is 10.0 Å². The van der Waals surface area contributed by atoms with Crippen LogP contribution in [-0.4, -0.2) is 38.9 Å². The average Bonchev–Trinajstić information content (AvgIpc) is 2.26. The molecule has 1 fully saturated rings. The third kappa shape index (κ3) is 4.13. The van der Waals surface area contributed by atoms with Gasteiger partial charge in [0.25, 0.3) is 0 Å². The van der Waals surface area contributed by atoms with E-state index >= 15 is 0 Å². The lowest BCUT2D eigenvalue weighted by Crippen LogP contribution is -2.45. The molecule has 17 heavy (non-hydrogen) atoms. The van der Waals surface area contributed by atoms with Crippen LogP contribution in [0.25, 0.3) is 0 Å². The van der Waals surface area contributed by atoms with Gasteiger partial charge in [0.1, 0.15) is 0 Å². The van der Waals surface area contributed by atoms with E-state index in [-0.39, 0.29) is 6.54 Å². The summed E-state index contributed by atoms with van der Waals surface area (Å²) in [6.07, 6.45) is -4.35. The van der Waals surface area contributed by atoms with Crippen molar-refractivity contribution in [3.63, 3.8) is 0 Å². The molecule has 0 aliphatic carbocycles. The number of carbonyl (C=O) groups excluding carboxylic acids is 1. The summed E-state index contributed by atoms with van der Waals surface area (Å²) in [7, 11) is -4.09. The fourth-order valence-corrected chi connectivity index (χ4v) is 2.45. The second-order valence-electron chi connectivity index (χ2n) is 3.48. The van der Waals surface area contributed by atoms with Crippen molar-refractivity contribution in [2.75, 3.05) is 13.1 Å². The summed E-state index contributed by atoms with van der Waals surface area (Å²) in [5.74, 6) is -2.59. The van der Waals surface area contributed by atoms with E-state index in [1.807, 2.05) is 0 Å². The lowest BCUT2D eigenvalue weighted by atomic mass is 10.2. The average molecular weight is 276 g/mol. The van der Waals surface area contributed by atoms with Crippen LogP contribution in [0.1, 0.15) is 12.8 Å². The van der Waals surface area contributed by atoms with Gasteiger partial charge in [-0.15, -0.1) is 0 Å². The van der Waals surface area contributed by atoms with Crippen LogP contribution in [0, 0.1) is 0 Å². The quantitative estimate of drug-likeness (QED) is 0.690. The maximum Gasteiger partial charge on any atom is 0.492 e. The Morgan fingerprint density at radius 3 is 2.53 bits per heavy atom. The minimum absolute atomic E-state index is 0.110. The van der Waals surface area contributed by atoms with Gasteiger partial charge in [-0.3, -0.25) is 0 Å². The first-order valence-corrected chi connectivity index (χ1v) is 6.27. The number of nitrogens with one attached hydrogen (secondary N) is 2. The number of piperidine rings is 1. The van der Waals surface area contributed by atoms with Gasteiger partial charge in [0, 0.05) is 6.54 Å². The Balaban J connectivity index is 2.52. The highest BCUT2D eigenvalue weighted by Crippen LogP contribution is 2.16. The van der Waals surface area contributed by atoms with Crippen molar-refractivity contribution in [2.24, 2.45) is 0 Å². The molecular weight excluding hydrogens is 265 g/mol. The molecule has 2 N–H and O–H groups in total. The molecule has 1 saturated heterocycles. The van der Waals surface area contributed by atoms with Crippen LogP contribution in [0.3, 0.4) is 0 Å². The Kier molecular flexibility index (Phi) is 4.33. The minimum atomic E-state index is -5.23. The van der Waals surface area contributed by atoms with Crippen molar-refractivity contribution in [3.05, 3.63) is 0 Å². The number of sulfonamides is 1. The van der Waals surface area contributed by atoms with Crippen molar-refractivity contribution in [2.45, 2.75) is 24.3 Å². The molecule has 0 aromatic rings. The van der Waals surface area contributed by atoms with Crippen molar-refractivity contribution in [1.82, 2.24) is 10.2 Å². The molecule has 1 aliphatic heterocycles. The Labute approximate surface area is 95.5 Å². The Hall–Kier alpha value is -0.870. The van der Waals surface area contributed by atoms with Gasteiger partial charge >= 0.3 is 12.1 Å². The van der Waals surface area contributed by atoms with Crippen LogP contribution in [0.4, 0.5) is 13.2 Å². The molecule has 0 amide bonds. The second-order valence-corrected chi connectivity index (χ2v) is 5.41. The third-order valence-electron chi connectivity index (χ3n) is 2.17. The summed E-state index contributed by atoms with van der Waals surface area (Å²) in [6, 6.07) is 0. The van der Waals surface area contributed by atoms with Gasteiger partial charge in [-0.25, -0.2) is 13.2 Å². The number of carbonyl (C=O) groups is 1. The number of halogens is 3. The van der Waals surface area contributed by atoms with E-state index in [1.54, 1.807) is 0 Å². The predicted molar refractivity (Wildman–Crippen MR) is 50.1 cm³/mol. The van der Waals surface area contributed by atoms with E-state index in [9.17, 15) is 26.4 Å². The molecule has 0 radical (unpaired) electrons. The Morgan fingerprint density at radius 1 is 1.41 bits per heavy atom. The van der Waals surface area contributed by atoms with E-state index in [4.69, 9.17) is 0 Å². The summed E-state index contributed by atoms with van der Waals surface area (Å²) in [6.45, 7) is 0.757. The fourth-order valence-electron chi connectivity index (χ4n) is 1.31. The first-order chi connectivity index (χ1) is 7.73. The predicted octanol–water partition coefficient (Wildman–Crippen LogP) is -0.322. The highest BCUT2D eigenvalue weighted by molar-refractivity contribution is 7.90. The number of hydrogen-bond donors (Lipinski definition) is 2. The highest BCUT2D eigenvalue weighted by Gasteiger charge is 2.42. The molecule has 0 aromatic carbocycles. The largest absolute Gasteiger partial charge is 0.492 e. The molecule has 0 saturated carbocycles.